The first-order valence-corrected chi connectivity index (χ1v) is 20.2. The first kappa shape index (κ1) is 46.7. The highest BCUT2D eigenvalue weighted by Crippen LogP contribution is 2.22. The highest BCUT2D eigenvalue weighted by molar-refractivity contribution is 5.80. The van der Waals surface area contributed by atoms with E-state index in [0.29, 0.717) is 6.42 Å². The molecule has 0 aromatic carbocycles. The van der Waals surface area contributed by atoms with Crippen molar-refractivity contribution >= 4 is 5.91 Å². The zero-order chi connectivity index (χ0) is 36.8. The van der Waals surface area contributed by atoms with Crippen LogP contribution in [0.1, 0.15) is 162 Å². The number of amides is 1. The molecule has 0 radical (unpaired) electrons. The SMILES string of the molecule is CCCCCCC=CCCCCCC=CC(O)C(COC1OC(CO)C(O)C(O)C1O)NC(=O)C(O)CCCCCCCCCCCCCC. The summed E-state index contributed by atoms with van der Waals surface area (Å²) in [5.41, 5.74) is 0. The minimum absolute atomic E-state index is 0.309. The Morgan fingerprint density at radius 1 is 0.680 bits per heavy atom. The van der Waals surface area contributed by atoms with Gasteiger partial charge in [0.1, 0.15) is 30.5 Å². The zero-order valence-corrected chi connectivity index (χ0v) is 31.5. The van der Waals surface area contributed by atoms with E-state index in [4.69, 9.17) is 9.47 Å². The van der Waals surface area contributed by atoms with Crippen molar-refractivity contribution in [3.63, 3.8) is 0 Å². The zero-order valence-electron chi connectivity index (χ0n) is 31.5. The Hall–Kier alpha value is -1.37. The highest BCUT2D eigenvalue weighted by atomic mass is 16.7. The summed E-state index contributed by atoms with van der Waals surface area (Å²) in [7, 11) is 0. The van der Waals surface area contributed by atoms with Crippen molar-refractivity contribution in [2.75, 3.05) is 13.2 Å². The van der Waals surface area contributed by atoms with Crippen molar-refractivity contribution in [3.05, 3.63) is 24.3 Å². The number of allylic oxidation sites excluding steroid dienone is 3. The Labute approximate surface area is 303 Å². The van der Waals surface area contributed by atoms with E-state index in [0.717, 1.165) is 64.2 Å². The molecule has 8 atom stereocenters. The molecule has 1 saturated heterocycles. The maximum Gasteiger partial charge on any atom is 0.249 e. The molecule has 0 spiro atoms. The fourth-order valence-electron chi connectivity index (χ4n) is 6.21. The van der Waals surface area contributed by atoms with Crippen LogP contribution >= 0.6 is 0 Å². The number of aliphatic hydroxyl groups is 6. The normalized spacial score (nSPS) is 23.1. The Morgan fingerprint density at radius 2 is 1.16 bits per heavy atom. The quantitative estimate of drug-likeness (QED) is 0.0320. The number of carbonyl (C=O) groups is 1. The van der Waals surface area contributed by atoms with Crippen molar-refractivity contribution < 1.29 is 44.9 Å². The molecule has 7 N–H and O–H groups in total. The predicted octanol–water partition coefficient (Wildman–Crippen LogP) is 6.13. The third-order valence-electron chi connectivity index (χ3n) is 9.63. The third kappa shape index (κ3) is 21.9. The van der Waals surface area contributed by atoms with E-state index in [2.05, 4.69) is 31.3 Å². The molecule has 50 heavy (non-hydrogen) atoms. The number of nitrogens with one attached hydrogen (secondary N) is 1. The molecule has 0 aliphatic carbocycles. The van der Waals surface area contributed by atoms with Gasteiger partial charge in [0, 0.05) is 0 Å². The maximum absolute atomic E-state index is 12.9. The Balaban J connectivity index is 2.53. The van der Waals surface area contributed by atoms with Crippen LogP contribution in [0.4, 0.5) is 0 Å². The van der Waals surface area contributed by atoms with E-state index in [1.807, 2.05) is 6.08 Å². The van der Waals surface area contributed by atoms with Crippen LogP contribution in [0.3, 0.4) is 0 Å². The molecule has 1 amide bonds. The Bertz CT molecular complexity index is 855. The van der Waals surface area contributed by atoms with Crippen molar-refractivity contribution in [3.8, 4) is 0 Å². The van der Waals surface area contributed by atoms with Gasteiger partial charge in [-0.1, -0.05) is 141 Å². The Morgan fingerprint density at radius 3 is 1.70 bits per heavy atom. The minimum Gasteiger partial charge on any atom is -0.394 e. The van der Waals surface area contributed by atoms with E-state index in [1.54, 1.807) is 6.08 Å². The number of carbonyl (C=O) groups excluding carboxylic acids is 1. The highest BCUT2D eigenvalue weighted by Gasteiger charge is 2.44. The summed E-state index contributed by atoms with van der Waals surface area (Å²) in [5.74, 6) is -0.624. The summed E-state index contributed by atoms with van der Waals surface area (Å²) in [6.45, 7) is 3.54. The molecule has 294 valence electrons. The molecule has 0 aromatic heterocycles. The summed E-state index contributed by atoms with van der Waals surface area (Å²) >= 11 is 0. The lowest BCUT2D eigenvalue weighted by molar-refractivity contribution is -0.302. The summed E-state index contributed by atoms with van der Waals surface area (Å²) in [6, 6.07) is -0.981. The molecule has 1 aliphatic rings. The van der Waals surface area contributed by atoms with Crippen LogP contribution in [0.5, 0.6) is 0 Å². The summed E-state index contributed by atoms with van der Waals surface area (Å²) in [4.78, 5) is 12.9. The Kier molecular flexibility index (Phi) is 29.1. The van der Waals surface area contributed by atoms with Crippen molar-refractivity contribution in [2.45, 2.75) is 210 Å². The average Bonchev–Trinajstić information content (AvgIpc) is 3.11. The van der Waals surface area contributed by atoms with Gasteiger partial charge in [0.15, 0.2) is 6.29 Å². The van der Waals surface area contributed by atoms with Crippen molar-refractivity contribution in [1.29, 1.82) is 0 Å². The minimum atomic E-state index is -1.61. The van der Waals surface area contributed by atoms with Gasteiger partial charge in [-0.3, -0.25) is 4.79 Å². The second-order valence-electron chi connectivity index (χ2n) is 14.2. The fraction of sp³-hybridized carbons (Fsp3) is 0.875. The molecule has 10 nitrogen and oxygen atoms in total. The standard InChI is InChI=1S/C40H75NO9/c1-3-5-7-9-11-13-15-17-19-20-22-24-26-28-33(43)32(31-49-40-38(47)37(46)36(45)35(30-42)50-40)41-39(48)34(44)29-27-25-23-21-18-16-14-12-10-8-6-4-2/h13,15,26,28,32-38,40,42-47H,3-12,14,16-25,27,29-31H2,1-2H3,(H,41,48). The predicted molar refractivity (Wildman–Crippen MR) is 199 cm³/mol. The van der Waals surface area contributed by atoms with Gasteiger partial charge in [0.25, 0.3) is 0 Å². The first-order chi connectivity index (χ1) is 24.3. The molecule has 10 heteroatoms. The summed E-state index contributed by atoms with van der Waals surface area (Å²) in [6.07, 6.45) is 24.1. The van der Waals surface area contributed by atoms with Crippen molar-refractivity contribution in [2.24, 2.45) is 0 Å². The van der Waals surface area contributed by atoms with Crippen LogP contribution in [-0.2, 0) is 14.3 Å². The summed E-state index contributed by atoms with van der Waals surface area (Å²) in [5, 5.41) is 64.3. The second kappa shape index (κ2) is 31.2. The van der Waals surface area contributed by atoms with Crippen LogP contribution in [-0.4, -0.2) is 98.7 Å². The van der Waals surface area contributed by atoms with Gasteiger partial charge in [-0.05, 0) is 44.9 Å². The lowest BCUT2D eigenvalue weighted by atomic mass is 9.99. The van der Waals surface area contributed by atoms with Crippen LogP contribution in [0.15, 0.2) is 24.3 Å². The van der Waals surface area contributed by atoms with Crippen molar-refractivity contribution in [1.82, 2.24) is 5.32 Å². The average molecular weight is 714 g/mol. The largest absolute Gasteiger partial charge is 0.394 e. The molecule has 0 bridgehead atoms. The van der Waals surface area contributed by atoms with E-state index in [-0.39, 0.29) is 6.61 Å². The van der Waals surface area contributed by atoms with E-state index >= 15 is 0 Å². The first-order valence-electron chi connectivity index (χ1n) is 20.2. The van der Waals surface area contributed by atoms with Gasteiger partial charge in [0.05, 0.1) is 25.4 Å². The van der Waals surface area contributed by atoms with Gasteiger partial charge in [-0.2, -0.15) is 0 Å². The van der Waals surface area contributed by atoms with Crippen LogP contribution < -0.4 is 5.32 Å². The van der Waals surface area contributed by atoms with Crippen LogP contribution in [0.2, 0.25) is 0 Å². The smallest absolute Gasteiger partial charge is 0.249 e. The molecule has 1 aliphatic heterocycles. The van der Waals surface area contributed by atoms with Gasteiger partial charge >= 0.3 is 0 Å². The van der Waals surface area contributed by atoms with E-state index < -0.39 is 61.5 Å². The molecule has 1 rings (SSSR count). The number of unbranched alkanes of at least 4 members (excludes halogenated alkanes) is 19. The lowest BCUT2D eigenvalue weighted by Gasteiger charge is -2.40. The molecule has 1 heterocycles. The van der Waals surface area contributed by atoms with Gasteiger partial charge in [-0.25, -0.2) is 0 Å². The lowest BCUT2D eigenvalue weighted by Crippen LogP contribution is -2.60. The molecular weight excluding hydrogens is 638 g/mol. The number of hydrogen-bond donors (Lipinski definition) is 7. The van der Waals surface area contributed by atoms with Crippen LogP contribution in [0, 0.1) is 0 Å². The third-order valence-corrected chi connectivity index (χ3v) is 9.63. The van der Waals surface area contributed by atoms with Gasteiger partial charge in [0.2, 0.25) is 5.91 Å². The number of hydrogen-bond acceptors (Lipinski definition) is 9. The fourth-order valence-corrected chi connectivity index (χ4v) is 6.21. The molecular formula is C40H75NO9. The molecule has 8 unspecified atom stereocenters. The van der Waals surface area contributed by atoms with E-state index in [9.17, 15) is 35.4 Å². The second-order valence-corrected chi connectivity index (χ2v) is 14.2. The van der Waals surface area contributed by atoms with E-state index in [1.165, 1.54) is 77.0 Å². The van der Waals surface area contributed by atoms with Gasteiger partial charge in [-0.15, -0.1) is 0 Å². The molecule has 1 fully saturated rings. The van der Waals surface area contributed by atoms with Gasteiger partial charge < -0.3 is 45.4 Å². The number of ether oxygens (including phenoxy) is 2. The summed E-state index contributed by atoms with van der Waals surface area (Å²) < 4.78 is 11.1. The molecule has 0 saturated carbocycles. The maximum atomic E-state index is 12.9. The topological polar surface area (TPSA) is 169 Å². The molecule has 0 aromatic rings. The number of aliphatic hydroxyl groups excluding tert-OH is 6. The van der Waals surface area contributed by atoms with Crippen LogP contribution in [0.25, 0.3) is 0 Å². The monoisotopic (exact) mass is 714 g/mol. The number of rotatable bonds is 32.